The van der Waals surface area contributed by atoms with Crippen LogP contribution in [-0.4, -0.2) is 65.8 Å². The van der Waals surface area contributed by atoms with Crippen LogP contribution in [0.15, 0.2) is 41.4 Å². The van der Waals surface area contributed by atoms with E-state index < -0.39 is 10.0 Å². The molecule has 0 saturated carbocycles. The molecule has 7 nitrogen and oxygen atoms in total. The summed E-state index contributed by atoms with van der Waals surface area (Å²) in [5.41, 5.74) is 2.17. The van der Waals surface area contributed by atoms with E-state index in [-0.39, 0.29) is 10.8 Å². The number of sulfonamides is 1. The standard InChI is InChI=1S/C21H28N4O3S2/c1-23-16-18(30(27,28)25-8-4-5-9-25)14-20(23)21(26)22-19-7-3-2-6-17(19)15-24-10-12-29-13-11-24/h2-3,6-7,14,16H,4-5,8-13,15H2,1H3,(H,22,26). The van der Waals surface area contributed by atoms with Crippen molar-refractivity contribution in [2.24, 2.45) is 7.05 Å². The van der Waals surface area contributed by atoms with Crippen LogP contribution >= 0.6 is 11.8 Å². The van der Waals surface area contributed by atoms with Gasteiger partial charge in [-0.15, -0.1) is 0 Å². The largest absolute Gasteiger partial charge is 0.345 e. The molecule has 4 rings (SSSR count). The number of anilines is 1. The number of benzene rings is 1. The fraction of sp³-hybridized carbons (Fsp3) is 0.476. The Balaban J connectivity index is 1.51. The molecular weight excluding hydrogens is 420 g/mol. The van der Waals surface area contributed by atoms with Gasteiger partial charge in [-0.3, -0.25) is 9.69 Å². The molecule has 0 spiro atoms. The Bertz CT molecular complexity index is 1010. The molecule has 2 aliphatic rings. The van der Waals surface area contributed by atoms with E-state index in [0.717, 1.165) is 55.2 Å². The van der Waals surface area contributed by atoms with Gasteiger partial charge in [-0.25, -0.2) is 8.42 Å². The smallest absolute Gasteiger partial charge is 0.272 e. The van der Waals surface area contributed by atoms with E-state index in [1.54, 1.807) is 11.6 Å². The van der Waals surface area contributed by atoms with Gasteiger partial charge in [-0.2, -0.15) is 16.1 Å². The first kappa shape index (κ1) is 21.4. The zero-order chi connectivity index (χ0) is 21.1. The summed E-state index contributed by atoms with van der Waals surface area (Å²) in [5, 5.41) is 2.99. The molecule has 0 bridgehead atoms. The van der Waals surface area contributed by atoms with Crippen LogP contribution in [-0.2, 0) is 23.6 Å². The highest BCUT2D eigenvalue weighted by Gasteiger charge is 2.29. The van der Waals surface area contributed by atoms with E-state index in [1.807, 2.05) is 36.0 Å². The van der Waals surface area contributed by atoms with Crippen molar-refractivity contribution in [1.82, 2.24) is 13.8 Å². The van der Waals surface area contributed by atoms with E-state index in [2.05, 4.69) is 10.2 Å². The minimum absolute atomic E-state index is 0.177. The van der Waals surface area contributed by atoms with E-state index in [9.17, 15) is 13.2 Å². The number of aromatic nitrogens is 1. The maximum absolute atomic E-state index is 13.0. The zero-order valence-corrected chi connectivity index (χ0v) is 18.8. The lowest BCUT2D eigenvalue weighted by Crippen LogP contribution is -2.32. The number of para-hydroxylation sites is 1. The third-order valence-electron chi connectivity index (χ3n) is 5.68. The summed E-state index contributed by atoms with van der Waals surface area (Å²) in [6.45, 7) is 3.96. The highest BCUT2D eigenvalue weighted by atomic mass is 32.2. The number of thioether (sulfide) groups is 1. The number of carbonyl (C=O) groups is 1. The van der Waals surface area contributed by atoms with Crippen molar-refractivity contribution in [3.63, 3.8) is 0 Å². The average molecular weight is 449 g/mol. The van der Waals surface area contributed by atoms with Gasteiger partial charge in [0.2, 0.25) is 10.0 Å². The fourth-order valence-electron chi connectivity index (χ4n) is 3.95. The minimum atomic E-state index is -3.55. The van der Waals surface area contributed by atoms with E-state index in [1.165, 1.54) is 16.6 Å². The van der Waals surface area contributed by atoms with Gasteiger partial charge in [-0.05, 0) is 30.5 Å². The normalized spacial score (nSPS) is 18.6. The van der Waals surface area contributed by atoms with Crippen molar-refractivity contribution in [3.8, 4) is 0 Å². The highest BCUT2D eigenvalue weighted by Crippen LogP contribution is 2.24. The predicted octanol–water partition coefficient (Wildman–Crippen LogP) is 2.61. The summed E-state index contributed by atoms with van der Waals surface area (Å²) < 4.78 is 28.7. The molecule has 0 radical (unpaired) electrons. The number of hydrogen-bond donors (Lipinski definition) is 1. The quantitative estimate of drug-likeness (QED) is 0.735. The maximum atomic E-state index is 13.0. The molecule has 0 aliphatic carbocycles. The first-order chi connectivity index (χ1) is 14.4. The monoisotopic (exact) mass is 448 g/mol. The van der Waals surface area contributed by atoms with E-state index in [4.69, 9.17) is 0 Å². The summed E-state index contributed by atoms with van der Waals surface area (Å²) in [4.78, 5) is 15.6. The molecule has 1 amide bonds. The van der Waals surface area contributed by atoms with Gasteiger partial charge in [0.15, 0.2) is 0 Å². The molecule has 2 aliphatic heterocycles. The molecular formula is C21H28N4O3S2. The zero-order valence-electron chi connectivity index (χ0n) is 17.2. The summed E-state index contributed by atoms with van der Waals surface area (Å²) in [6, 6.07) is 9.29. The number of aryl methyl sites for hydroxylation is 1. The molecule has 2 fully saturated rings. The van der Waals surface area contributed by atoms with E-state index in [0.29, 0.717) is 18.8 Å². The molecule has 30 heavy (non-hydrogen) atoms. The number of rotatable bonds is 6. The molecule has 1 N–H and O–H groups in total. The minimum Gasteiger partial charge on any atom is -0.345 e. The van der Waals surface area contributed by atoms with Crippen LogP contribution in [0.3, 0.4) is 0 Å². The third kappa shape index (κ3) is 4.59. The van der Waals surface area contributed by atoms with Crippen molar-refractivity contribution >= 4 is 33.4 Å². The average Bonchev–Trinajstić information content (AvgIpc) is 3.41. The van der Waals surface area contributed by atoms with Crippen molar-refractivity contribution in [2.45, 2.75) is 24.3 Å². The van der Waals surface area contributed by atoms with Gasteiger partial charge in [0.1, 0.15) is 10.6 Å². The topological polar surface area (TPSA) is 74.6 Å². The van der Waals surface area contributed by atoms with Crippen molar-refractivity contribution < 1.29 is 13.2 Å². The second-order valence-electron chi connectivity index (χ2n) is 7.78. The maximum Gasteiger partial charge on any atom is 0.272 e. The lowest BCUT2D eigenvalue weighted by Gasteiger charge is -2.27. The van der Waals surface area contributed by atoms with Crippen LogP contribution in [0, 0.1) is 0 Å². The van der Waals surface area contributed by atoms with Gasteiger partial charge >= 0.3 is 0 Å². The van der Waals surface area contributed by atoms with Gasteiger partial charge < -0.3 is 9.88 Å². The van der Waals surface area contributed by atoms with Gasteiger partial charge in [0.05, 0.1) is 0 Å². The molecule has 3 heterocycles. The summed E-state index contributed by atoms with van der Waals surface area (Å²) in [6.07, 6.45) is 3.29. The Morgan fingerprint density at radius 1 is 1.10 bits per heavy atom. The van der Waals surface area contributed by atoms with Crippen LogP contribution in [0.1, 0.15) is 28.9 Å². The van der Waals surface area contributed by atoms with Gasteiger partial charge in [-0.1, -0.05) is 18.2 Å². The molecule has 162 valence electrons. The fourth-order valence-corrected chi connectivity index (χ4v) is 6.51. The second-order valence-corrected chi connectivity index (χ2v) is 10.9. The molecule has 1 aromatic heterocycles. The molecule has 0 unspecified atom stereocenters. The molecule has 2 aromatic rings. The predicted molar refractivity (Wildman–Crippen MR) is 120 cm³/mol. The Hall–Kier alpha value is -1.81. The van der Waals surface area contributed by atoms with Crippen molar-refractivity contribution in [3.05, 3.63) is 47.8 Å². The second kappa shape index (κ2) is 9.13. The molecule has 2 saturated heterocycles. The number of carbonyl (C=O) groups excluding carboxylic acids is 1. The summed E-state index contributed by atoms with van der Waals surface area (Å²) in [7, 11) is -1.85. The Morgan fingerprint density at radius 2 is 1.80 bits per heavy atom. The van der Waals surface area contributed by atoms with Crippen molar-refractivity contribution in [1.29, 1.82) is 0 Å². The molecule has 9 heteroatoms. The van der Waals surface area contributed by atoms with Crippen LogP contribution < -0.4 is 5.32 Å². The van der Waals surface area contributed by atoms with E-state index >= 15 is 0 Å². The number of amides is 1. The summed E-state index contributed by atoms with van der Waals surface area (Å²) >= 11 is 1.97. The van der Waals surface area contributed by atoms with Crippen LogP contribution in [0.2, 0.25) is 0 Å². The lowest BCUT2D eigenvalue weighted by atomic mass is 10.1. The van der Waals surface area contributed by atoms with Crippen LogP contribution in [0.4, 0.5) is 5.69 Å². The first-order valence-corrected chi connectivity index (χ1v) is 12.9. The van der Waals surface area contributed by atoms with Gasteiger partial charge in [0, 0.05) is 63.2 Å². The van der Waals surface area contributed by atoms with Crippen LogP contribution in [0.25, 0.3) is 0 Å². The van der Waals surface area contributed by atoms with Crippen molar-refractivity contribution in [2.75, 3.05) is 43.0 Å². The molecule has 1 aromatic carbocycles. The Labute approximate surface area is 182 Å². The summed E-state index contributed by atoms with van der Waals surface area (Å²) in [5.74, 6) is 1.96. The SMILES string of the molecule is Cn1cc(S(=O)(=O)N2CCCC2)cc1C(=O)Nc1ccccc1CN1CCSCC1. The Kier molecular flexibility index (Phi) is 6.52. The lowest BCUT2D eigenvalue weighted by molar-refractivity contribution is 0.101. The number of hydrogen-bond acceptors (Lipinski definition) is 5. The first-order valence-electron chi connectivity index (χ1n) is 10.3. The number of nitrogens with zero attached hydrogens (tertiary/aromatic N) is 3. The Morgan fingerprint density at radius 3 is 2.53 bits per heavy atom. The van der Waals surface area contributed by atoms with Gasteiger partial charge in [0.25, 0.3) is 5.91 Å². The third-order valence-corrected chi connectivity index (χ3v) is 8.48. The molecule has 0 atom stereocenters. The van der Waals surface area contributed by atoms with Crippen LogP contribution in [0.5, 0.6) is 0 Å². The number of nitrogens with one attached hydrogen (secondary N) is 1. The highest BCUT2D eigenvalue weighted by molar-refractivity contribution is 7.99.